The van der Waals surface area contributed by atoms with Gasteiger partial charge >= 0.3 is 11.9 Å². The third-order valence-corrected chi connectivity index (χ3v) is 5.02. The highest BCUT2D eigenvalue weighted by molar-refractivity contribution is 5.92. The fourth-order valence-corrected chi connectivity index (χ4v) is 3.49. The molecule has 1 N–H and O–H groups in total. The van der Waals surface area contributed by atoms with Gasteiger partial charge in [-0.1, -0.05) is 13.0 Å². The Bertz CT molecular complexity index is 1100. The predicted octanol–water partition coefficient (Wildman–Crippen LogP) is 5.24. The molecule has 6 nitrogen and oxygen atoms in total. The number of hydrogen-bond acceptors (Lipinski definition) is 5. The molecule has 1 atom stereocenters. The molecule has 0 saturated heterocycles. The minimum atomic E-state index is -1.27. The molecular formula is C26H28FNO5. The van der Waals surface area contributed by atoms with Crippen LogP contribution in [-0.4, -0.2) is 41.0 Å². The first-order valence-corrected chi connectivity index (χ1v) is 10.8. The van der Waals surface area contributed by atoms with E-state index >= 15 is 0 Å². The molecule has 1 unspecified atom stereocenters. The first kappa shape index (κ1) is 24.2. The number of carbonyl (C=O) groups is 2. The van der Waals surface area contributed by atoms with E-state index in [4.69, 9.17) is 9.47 Å². The maximum atomic E-state index is 14.6. The van der Waals surface area contributed by atoms with Crippen molar-refractivity contribution in [2.24, 2.45) is 4.99 Å². The van der Waals surface area contributed by atoms with Gasteiger partial charge in [0.2, 0.25) is 0 Å². The first-order chi connectivity index (χ1) is 15.5. The number of aliphatic imine (C=N–C) groups is 1. The normalized spacial score (nSPS) is 17.2. The Labute approximate surface area is 192 Å². The fourth-order valence-electron chi connectivity index (χ4n) is 3.49. The molecule has 1 aliphatic rings. The first-order valence-electron chi connectivity index (χ1n) is 10.8. The van der Waals surface area contributed by atoms with Gasteiger partial charge in [-0.2, -0.15) is 0 Å². The van der Waals surface area contributed by atoms with Gasteiger partial charge in [0.1, 0.15) is 17.2 Å². The Morgan fingerprint density at radius 3 is 2.52 bits per heavy atom. The molecule has 2 aromatic rings. The average molecular weight is 454 g/mol. The molecule has 0 radical (unpaired) electrons. The lowest BCUT2D eigenvalue weighted by Gasteiger charge is -2.28. The Balaban J connectivity index is 2.07. The monoisotopic (exact) mass is 453 g/mol. The summed E-state index contributed by atoms with van der Waals surface area (Å²) in [6.45, 7) is 7.81. The maximum absolute atomic E-state index is 14.6. The van der Waals surface area contributed by atoms with Crippen LogP contribution in [0.1, 0.15) is 50.0 Å². The average Bonchev–Trinajstić information content (AvgIpc) is 3.21. The number of halogens is 1. The summed E-state index contributed by atoms with van der Waals surface area (Å²) in [5, 5.41) is 9.30. The van der Waals surface area contributed by atoms with Crippen LogP contribution in [0.4, 0.5) is 4.39 Å². The number of esters is 1. The molecule has 0 bridgehead atoms. The second-order valence-corrected chi connectivity index (χ2v) is 8.91. The number of carboxylic acids is 1. The van der Waals surface area contributed by atoms with Crippen molar-refractivity contribution in [1.82, 2.24) is 0 Å². The fraction of sp³-hybridized carbons (Fsp3) is 0.346. The van der Waals surface area contributed by atoms with E-state index in [0.717, 1.165) is 12.5 Å². The van der Waals surface area contributed by atoms with Gasteiger partial charge in [-0.3, -0.25) is 4.99 Å². The molecule has 0 spiro atoms. The van der Waals surface area contributed by atoms with Crippen LogP contribution in [0, 0.1) is 5.82 Å². The smallest absolute Gasteiger partial charge is 0.338 e. The summed E-state index contributed by atoms with van der Waals surface area (Å²) in [5.41, 5.74) is -0.726. The largest absolute Gasteiger partial charge is 0.493 e. The van der Waals surface area contributed by atoms with Crippen LogP contribution in [-0.2, 0) is 16.0 Å². The van der Waals surface area contributed by atoms with Crippen LogP contribution in [0.3, 0.4) is 0 Å². The van der Waals surface area contributed by atoms with Crippen molar-refractivity contribution < 1.29 is 28.6 Å². The highest BCUT2D eigenvalue weighted by atomic mass is 19.1. The zero-order valence-electron chi connectivity index (χ0n) is 19.2. The lowest BCUT2D eigenvalue weighted by molar-refractivity contribution is -0.159. The van der Waals surface area contributed by atoms with Crippen molar-refractivity contribution in [2.75, 3.05) is 6.61 Å². The lowest BCUT2D eigenvalue weighted by atomic mass is 9.89. The molecule has 3 rings (SSSR count). The lowest BCUT2D eigenvalue weighted by Crippen LogP contribution is -2.41. The number of nitrogens with zero attached hydrogens (tertiary/aromatic N) is 1. The topological polar surface area (TPSA) is 85.2 Å². The Morgan fingerprint density at radius 2 is 1.91 bits per heavy atom. The van der Waals surface area contributed by atoms with Crippen LogP contribution in [0.25, 0.3) is 11.1 Å². The molecule has 0 amide bonds. The van der Waals surface area contributed by atoms with E-state index in [2.05, 4.69) is 4.99 Å². The summed E-state index contributed by atoms with van der Waals surface area (Å²) in [7, 11) is 0. The summed E-state index contributed by atoms with van der Waals surface area (Å²) >= 11 is 0. The summed E-state index contributed by atoms with van der Waals surface area (Å²) < 4.78 is 26.1. The number of allylic oxidation sites excluding steroid dienone is 1. The van der Waals surface area contributed by atoms with Gasteiger partial charge in [0, 0.05) is 18.2 Å². The highest BCUT2D eigenvalue weighted by Crippen LogP contribution is 2.35. The van der Waals surface area contributed by atoms with Crippen molar-refractivity contribution in [3.63, 3.8) is 0 Å². The Morgan fingerprint density at radius 1 is 1.15 bits per heavy atom. The zero-order chi connectivity index (χ0) is 24.2. The van der Waals surface area contributed by atoms with Crippen molar-refractivity contribution in [1.29, 1.82) is 0 Å². The number of rotatable bonds is 8. The number of hydrogen-bond donors (Lipinski definition) is 1. The summed E-state index contributed by atoms with van der Waals surface area (Å²) in [6, 6.07) is 8.73. The molecule has 0 aromatic heterocycles. The molecule has 0 fully saturated rings. The molecule has 7 heteroatoms. The van der Waals surface area contributed by atoms with Crippen molar-refractivity contribution in [2.45, 2.75) is 51.7 Å². The molecule has 0 saturated carbocycles. The van der Waals surface area contributed by atoms with E-state index in [-0.39, 0.29) is 17.5 Å². The highest BCUT2D eigenvalue weighted by Gasteiger charge is 2.41. The molecule has 2 aromatic carbocycles. The second kappa shape index (κ2) is 9.57. The van der Waals surface area contributed by atoms with Gasteiger partial charge in [-0.25, -0.2) is 14.0 Å². The van der Waals surface area contributed by atoms with Crippen LogP contribution in [0.15, 0.2) is 53.5 Å². The van der Waals surface area contributed by atoms with E-state index in [1.807, 2.05) is 6.92 Å². The number of benzene rings is 2. The zero-order valence-corrected chi connectivity index (χ0v) is 19.2. The van der Waals surface area contributed by atoms with Crippen molar-refractivity contribution >= 4 is 18.2 Å². The minimum Gasteiger partial charge on any atom is -0.493 e. The molecule has 1 aliphatic heterocycles. The summed E-state index contributed by atoms with van der Waals surface area (Å²) in [6.07, 6.45) is 5.85. The number of carboxylic acid groups (broad SMARTS) is 1. The van der Waals surface area contributed by atoms with Gasteiger partial charge in [-0.05, 0) is 80.8 Å². The standard InChI is InChI=1S/C26H28FNO5/c1-5-13-32-22-10-8-17(20-15-18(23(29)30)7-9-21(20)27)14-19(22)16-26(11-6-12-28-26)24(31)33-25(2,3)4/h6-12,14-15H,5,13,16H2,1-4H3,(H,29,30). The number of aromatic carboxylic acids is 1. The quantitative estimate of drug-likeness (QED) is 0.552. The van der Waals surface area contributed by atoms with E-state index < -0.39 is 28.9 Å². The van der Waals surface area contributed by atoms with E-state index in [0.29, 0.717) is 23.5 Å². The van der Waals surface area contributed by atoms with Gasteiger partial charge < -0.3 is 14.6 Å². The number of carbonyl (C=O) groups excluding carboxylic acids is 1. The van der Waals surface area contributed by atoms with Crippen molar-refractivity contribution in [3.05, 3.63) is 65.5 Å². The maximum Gasteiger partial charge on any atom is 0.338 e. The van der Waals surface area contributed by atoms with Crippen LogP contribution in [0.5, 0.6) is 5.75 Å². The van der Waals surface area contributed by atoms with Gasteiger partial charge in [0.25, 0.3) is 0 Å². The molecule has 33 heavy (non-hydrogen) atoms. The molecule has 0 aliphatic carbocycles. The SMILES string of the molecule is CCCOc1ccc(-c2cc(C(=O)O)ccc2F)cc1CC1(C(=O)OC(C)(C)C)C=CC=N1. The number of ether oxygens (including phenoxy) is 2. The van der Waals surface area contributed by atoms with Gasteiger partial charge in [0.05, 0.1) is 12.2 Å². The van der Waals surface area contributed by atoms with E-state index in [9.17, 15) is 19.1 Å². The summed E-state index contributed by atoms with van der Waals surface area (Å²) in [4.78, 5) is 28.9. The molecule has 174 valence electrons. The third-order valence-electron chi connectivity index (χ3n) is 5.02. The minimum absolute atomic E-state index is 0.0205. The Hall–Kier alpha value is -3.48. The van der Waals surface area contributed by atoms with Crippen LogP contribution >= 0.6 is 0 Å². The van der Waals surface area contributed by atoms with Gasteiger partial charge in [0.15, 0.2) is 5.54 Å². The van der Waals surface area contributed by atoms with Crippen LogP contribution < -0.4 is 4.74 Å². The summed E-state index contributed by atoms with van der Waals surface area (Å²) in [5.74, 6) is -1.64. The van der Waals surface area contributed by atoms with Crippen molar-refractivity contribution in [3.8, 4) is 16.9 Å². The molecule has 1 heterocycles. The second-order valence-electron chi connectivity index (χ2n) is 8.91. The van der Waals surface area contributed by atoms with Crippen LogP contribution in [0.2, 0.25) is 0 Å². The molecular weight excluding hydrogens is 425 g/mol. The predicted molar refractivity (Wildman–Crippen MR) is 124 cm³/mol. The Kier molecular flexibility index (Phi) is 7.01. The van der Waals surface area contributed by atoms with E-state index in [1.165, 1.54) is 12.1 Å². The third kappa shape index (κ3) is 5.66. The van der Waals surface area contributed by atoms with Gasteiger partial charge in [-0.15, -0.1) is 0 Å². The van der Waals surface area contributed by atoms with E-state index in [1.54, 1.807) is 57.3 Å².